The molecule has 0 radical (unpaired) electrons. The van der Waals surface area contributed by atoms with Crippen LogP contribution in [0.4, 0.5) is 5.69 Å². The van der Waals surface area contributed by atoms with Crippen LogP contribution in [0.2, 0.25) is 0 Å². The van der Waals surface area contributed by atoms with E-state index in [2.05, 4.69) is 15.5 Å². The van der Waals surface area contributed by atoms with E-state index in [1.54, 1.807) is 6.33 Å². The van der Waals surface area contributed by atoms with Crippen molar-refractivity contribution in [2.24, 2.45) is 7.05 Å². The van der Waals surface area contributed by atoms with Crippen molar-refractivity contribution in [2.45, 2.75) is 0 Å². The van der Waals surface area contributed by atoms with E-state index in [4.69, 9.17) is 4.98 Å². The van der Waals surface area contributed by atoms with E-state index in [0.29, 0.717) is 11.3 Å². The third-order valence-corrected chi connectivity index (χ3v) is 5.14. The number of fused-ring (bicyclic) bond motifs is 1. The highest BCUT2D eigenvalue weighted by atomic mass is 16.1. The fourth-order valence-corrected chi connectivity index (χ4v) is 3.57. The van der Waals surface area contributed by atoms with Crippen LogP contribution in [0.5, 0.6) is 0 Å². The summed E-state index contributed by atoms with van der Waals surface area (Å²) in [5.74, 6) is 0.590. The standard InChI is InChI=1S/C25H19N5O/c1-30-16-26-29-24(30)18-11-13-19(14-12-18)27-25(31)21-15-23(17-7-3-2-4-8-17)28-22-10-6-5-9-20(21)22/h2-16H,1H3,(H,27,31). The van der Waals surface area contributed by atoms with E-state index in [-0.39, 0.29) is 5.91 Å². The van der Waals surface area contributed by atoms with Gasteiger partial charge in [-0.1, -0.05) is 48.5 Å². The van der Waals surface area contributed by atoms with Crippen LogP contribution in [-0.4, -0.2) is 25.7 Å². The second kappa shape index (κ2) is 7.84. The van der Waals surface area contributed by atoms with Gasteiger partial charge in [-0.2, -0.15) is 0 Å². The van der Waals surface area contributed by atoms with Gasteiger partial charge >= 0.3 is 0 Å². The van der Waals surface area contributed by atoms with Gasteiger partial charge < -0.3 is 9.88 Å². The first-order valence-electron chi connectivity index (χ1n) is 9.90. The van der Waals surface area contributed by atoms with Crippen molar-refractivity contribution in [3.63, 3.8) is 0 Å². The molecule has 1 N–H and O–H groups in total. The number of benzene rings is 3. The number of carbonyl (C=O) groups is 1. The van der Waals surface area contributed by atoms with E-state index in [0.717, 1.165) is 33.5 Å². The van der Waals surface area contributed by atoms with Crippen molar-refractivity contribution in [2.75, 3.05) is 5.32 Å². The SMILES string of the molecule is Cn1cnnc1-c1ccc(NC(=O)c2cc(-c3ccccc3)nc3ccccc23)cc1. The van der Waals surface area contributed by atoms with E-state index in [1.165, 1.54) is 0 Å². The van der Waals surface area contributed by atoms with Crippen LogP contribution in [0.1, 0.15) is 10.4 Å². The number of hydrogen-bond donors (Lipinski definition) is 1. The molecule has 150 valence electrons. The first-order valence-corrected chi connectivity index (χ1v) is 9.90. The Morgan fingerprint density at radius 2 is 1.61 bits per heavy atom. The summed E-state index contributed by atoms with van der Waals surface area (Å²) in [4.78, 5) is 18.0. The average molecular weight is 405 g/mol. The largest absolute Gasteiger partial charge is 0.322 e. The molecule has 3 aromatic carbocycles. The molecule has 1 amide bonds. The van der Waals surface area contributed by atoms with Gasteiger partial charge in [0.2, 0.25) is 0 Å². The summed E-state index contributed by atoms with van der Waals surface area (Å²) in [7, 11) is 1.89. The van der Waals surface area contributed by atoms with Gasteiger partial charge in [-0.3, -0.25) is 4.79 Å². The zero-order chi connectivity index (χ0) is 21.2. The number of nitrogens with one attached hydrogen (secondary N) is 1. The molecule has 0 atom stereocenters. The van der Waals surface area contributed by atoms with Crippen molar-refractivity contribution < 1.29 is 4.79 Å². The number of para-hydroxylation sites is 1. The number of nitrogens with zero attached hydrogens (tertiary/aromatic N) is 4. The van der Waals surface area contributed by atoms with Gasteiger partial charge in [0.1, 0.15) is 6.33 Å². The number of anilines is 1. The van der Waals surface area contributed by atoms with Crippen molar-refractivity contribution in [3.8, 4) is 22.6 Å². The zero-order valence-electron chi connectivity index (χ0n) is 16.9. The fourth-order valence-electron chi connectivity index (χ4n) is 3.57. The van der Waals surface area contributed by atoms with Crippen LogP contribution in [0.25, 0.3) is 33.5 Å². The third kappa shape index (κ3) is 3.67. The fraction of sp³-hybridized carbons (Fsp3) is 0.0400. The van der Waals surface area contributed by atoms with Gasteiger partial charge in [0.25, 0.3) is 5.91 Å². The predicted molar refractivity (Wildman–Crippen MR) is 122 cm³/mol. The van der Waals surface area contributed by atoms with Gasteiger partial charge in [0.05, 0.1) is 16.8 Å². The molecule has 0 spiro atoms. The molecule has 5 aromatic rings. The van der Waals surface area contributed by atoms with E-state index in [9.17, 15) is 4.79 Å². The smallest absolute Gasteiger partial charge is 0.256 e. The molecule has 0 aliphatic heterocycles. The Hall–Kier alpha value is -4.32. The quantitative estimate of drug-likeness (QED) is 0.459. The zero-order valence-corrected chi connectivity index (χ0v) is 16.9. The highest BCUT2D eigenvalue weighted by Gasteiger charge is 2.14. The Balaban J connectivity index is 1.49. The summed E-state index contributed by atoms with van der Waals surface area (Å²) in [6.45, 7) is 0. The van der Waals surface area contributed by atoms with E-state index in [1.807, 2.05) is 96.5 Å². The summed E-state index contributed by atoms with van der Waals surface area (Å²) in [5.41, 5.74) is 4.74. The molecular weight excluding hydrogens is 386 g/mol. The van der Waals surface area contributed by atoms with Crippen molar-refractivity contribution in [1.82, 2.24) is 19.7 Å². The normalized spacial score (nSPS) is 10.9. The second-order valence-corrected chi connectivity index (χ2v) is 7.24. The summed E-state index contributed by atoms with van der Waals surface area (Å²) in [6, 6.07) is 27.0. The average Bonchev–Trinajstić information content (AvgIpc) is 3.25. The first-order chi connectivity index (χ1) is 15.2. The molecule has 5 rings (SSSR count). The number of aryl methyl sites for hydroxylation is 1. The lowest BCUT2D eigenvalue weighted by molar-refractivity contribution is 0.102. The van der Waals surface area contributed by atoms with Gasteiger partial charge in [-0.15, -0.1) is 10.2 Å². The molecule has 0 aliphatic rings. The van der Waals surface area contributed by atoms with Crippen LogP contribution < -0.4 is 5.32 Å². The Labute approximate surface area is 179 Å². The van der Waals surface area contributed by atoms with Crippen molar-refractivity contribution in [1.29, 1.82) is 0 Å². The topological polar surface area (TPSA) is 72.7 Å². The number of hydrogen-bond acceptors (Lipinski definition) is 4. The Morgan fingerprint density at radius 1 is 0.871 bits per heavy atom. The predicted octanol–water partition coefficient (Wildman–Crippen LogP) is 4.95. The van der Waals surface area contributed by atoms with Crippen molar-refractivity contribution >= 4 is 22.5 Å². The second-order valence-electron chi connectivity index (χ2n) is 7.24. The lowest BCUT2D eigenvalue weighted by Gasteiger charge is -2.11. The Bertz CT molecular complexity index is 1370. The Kier molecular flexibility index (Phi) is 4.72. The van der Waals surface area contributed by atoms with E-state index >= 15 is 0 Å². The van der Waals surface area contributed by atoms with Gasteiger partial charge in [0, 0.05) is 29.2 Å². The monoisotopic (exact) mass is 405 g/mol. The summed E-state index contributed by atoms with van der Waals surface area (Å²) < 4.78 is 1.85. The van der Waals surface area contributed by atoms with Crippen LogP contribution in [0, 0.1) is 0 Å². The van der Waals surface area contributed by atoms with Gasteiger partial charge in [-0.05, 0) is 36.4 Å². The molecule has 0 saturated heterocycles. The number of amides is 1. The molecule has 0 aliphatic carbocycles. The minimum atomic E-state index is -0.179. The maximum absolute atomic E-state index is 13.2. The minimum absolute atomic E-state index is 0.179. The number of carbonyl (C=O) groups excluding carboxylic acids is 1. The summed E-state index contributed by atoms with van der Waals surface area (Å²) in [5, 5.41) is 11.8. The number of pyridine rings is 1. The van der Waals surface area contributed by atoms with Gasteiger partial charge in [0.15, 0.2) is 5.82 Å². The van der Waals surface area contributed by atoms with Crippen LogP contribution in [-0.2, 0) is 7.05 Å². The molecule has 0 unspecified atom stereocenters. The molecule has 2 heterocycles. The Morgan fingerprint density at radius 3 is 2.35 bits per heavy atom. The molecule has 2 aromatic heterocycles. The first kappa shape index (κ1) is 18.7. The molecular formula is C25H19N5O. The molecule has 0 fully saturated rings. The molecule has 0 saturated carbocycles. The molecule has 6 heteroatoms. The van der Waals surface area contributed by atoms with Crippen LogP contribution in [0.3, 0.4) is 0 Å². The maximum Gasteiger partial charge on any atom is 0.256 e. The molecule has 6 nitrogen and oxygen atoms in total. The number of rotatable bonds is 4. The van der Waals surface area contributed by atoms with Crippen LogP contribution >= 0.6 is 0 Å². The highest BCUT2D eigenvalue weighted by Crippen LogP contribution is 2.26. The van der Waals surface area contributed by atoms with Crippen LogP contribution in [0.15, 0.2) is 91.3 Å². The third-order valence-electron chi connectivity index (χ3n) is 5.14. The maximum atomic E-state index is 13.2. The lowest BCUT2D eigenvalue weighted by atomic mass is 10.0. The van der Waals surface area contributed by atoms with E-state index < -0.39 is 0 Å². The highest BCUT2D eigenvalue weighted by molar-refractivity contribution is 6.13. The molecule has 31 heavy (non-hydrogen) atoms. The summed E-state index contributed by atoms with van der Waals surface area (Å²) in [6.07, 6.45) is 1.66. The molecule has 0 bridgehead atoms. The van der Waals surface area contributed by atoms with Crippen molar-refractivity contribution in [3.05, 3.63) is 96.8 Å². The summed E-state index contributed by atoms with van der Waals surface area (Å²) >= 11 is 0. The number of aromatic nitrogens is 4. The minimum Gasteiger partial charge on any atom is -0.322 e. The van der Waals surface area contributed by atoms with Gasteiger partial charge in [-0.25, -0.2) is 4.98 Å². The lowest BCUT2D eigenvalue weighted by Crippen LogP contribution is -2.13.